The van der Waals surface area contributed by atoms with Gasteiger partial charge in [-0.2, -0.15) is 0 Å². The first-order valence-electron chi connectivity index (χ1n) is 27.5. The molecule has 2 aliphatic carbocycles. The summed E-state index contributed by atoms with van der Waals surface area (Å²) in [6, 6.07) is 44.5. The third-order valence-corrected chi connectivity index (χ3v) is 14.3. The van der Waals surface area contributed by atoms with Crippen molar-refractivity contribution in [3.8, 4) is 5.75 Å². The Morgan fingerprint density at radius 3 is 1.36 bits per heavy atom. The van der Waals surface area contributed by atoms with Gasteiger partial charge in [-0.1, -0.05) is 219 Å². The van der Waals surface area contributed by atoms with E-state index in [1.54, 1.807) is 7.11 Å². The van der Waals surface area contributed by atoms with Gasteiger partial charge in [-0.25, -0.2) is 14.4 Å². The number of urea groups is 3. The van der Waals surface area contributed by atoms with Crippen LogP contribution in [0.5, 0.6) is 5.75 Å². The number of amides is 6. The summed E-state index contributed by atoms with van der Waals surface area (Å²) in [7, 11) is 1.64. The maximum absolute atomic E-state index is 14.8. The van der Waals surface area contributed by atoms with E-state index < -0.39 is 6.04 Å². The molecule has 5 aromatic rings. The van der Waals surface area contributed by atoms with E-state index in [1.165, 1.54) is 96.3 Å². The van der Waals surface area contributed by atoms with Crippen LogP contribution in [0.4, 0.5) is 31.4 Å². The molecule has 4 N–H and O–H groups in total. The summed E-state index contributed by atoms with van der Waals surface area (Å²) in [5, 5.41) is 12.4. The van der Waals surface area contributed by atoms with Crippen LogP contribution in [0.25, 0.3) is 0 Å². The fraction of sp³-hybridized carbons (Fsp3) is 0.468. The number of nitrogens with zero attached hydrogens (tertiary/aromatic N) is 2. The van der Waals surface area contributed by atoms with Crippen LogP contribution in [0, 0.1) is 5.92 Å². The molecular formula is C62H84N6O4. The van der Waals surface area contributed by atoms with Gasteiger partial charge in [-0.15, -0.1) is 0 Å². The second-order valence-electron chi connectivity index (χ2n) is 19.9. The minimum Gasteiger partial charge on any atom is -0.497 e. The second-order valence-corrected chi connectivity index (χ2v) is 19.9. The molecule has 10 nitrogen and oxygen atoms in total. The summed E-state index contributed by atoms with van der Waals surface area (Å²) in [6.07, 6.45) is 28.4. The molecule has 2 atom stereocenters. The zero-order valence-corrected chi connectivity index (χ0v) is 43.3. The molecule has 0 spiro atoms. The standard InChI is InChI=1S/C48H56N6O4.C14H28/c1-58-45-29-27-37(28-30-45)31-32-53(47(56)51-41-23-13-5-14-24-41)44(34-39-19-9-3-10-20-39)36-54(48(57)52-42-25-15-6-16-26-42)43(33-38-17-7-2-8-18-38)35-49-46(55)50-40-21-11-4-12-22-40;1-2-4-6-8-10-12-14-13-11-9-7-5-3-1/h3-6,9-16,19-30,38,43-44H,2,7-8,17-18,31-36H2,1H3,(H,51,56)(H,52,57)(H2,49,50,55);1-14H2/t43-,44-;/m1./s1. The molecule has 6 amide bonds. The van der Waals surface area contributed by atoms with Crippen LogP contribution in [0.1, 0.15) is 140 Å². The Kier molecular flexibility index (Phi) is 24.9. The Labute approximate surface area is 432 Å². The van der Waals surface area contributed by atoms with Gasteiger partial charge in [0.25, 0.3) is 0 Å². The van der Waals surface area contributed by atoms with Gasteiger partial charge >= 0.3 is 18.1 Å². The largest absolute Gasteiger partial charge is 0.497 e. The van der Waals surface area contributed by atoms with Crippen molar-refractivity contribution in [2.45, 2.75) is 153 Å². The molecule has 386 valence electrons. The molecule has 72 heavy (non-hydrogen) atoms. The quantitative estimate of drug-likeness (QED) is 0.0743. The van der Waals surface area contributed by atoms with Gasteiger partial charge in [0.15, 0.2) is 0 Å². The summed E-state index contributed by atoms with van der Waals surface area (Å²) in [5.74, 6) is 1.16. The van der Waals surface area contributed by atoms with Crippen LogP contribution in [-0.2, 0) is 12.8 Å². The number of carbonyl (C=O) groups is 3. The van der Waals surface area contributed by atoms with E-state index in [9.17, 15) is 14.4 Å². The van der Waals surface area contributed by atoms with Crippen LogP contribution >= 0.6 is 0 Å². The molecule has 2 fully saturated rings. The molecule has 0 aliphatic heterocycles. The lowest BCUT2D eigenvalue weighted by atomic mass is 9.84. The topological polar surface area (TPSA) is 115 Å². The van der Waals surface area contributed by atoms with Crippen LogP contribution in [0.3, 0.4) is 0 Å². The Morgan fingerprint density at radius 2 is 0.903 bits per heavy atom. The fourth-order valence-corrected chi connectivity index (χ4v) is 10.2. The molecule has 2 saturated carbocycles. The number of hydrogen-bond donors (Lipinski definition) is 4. The molecule has 2 aliphatic rings. The molecule has 0 radical (unpaired) electrons. The van der Waals surface area contributed by atoms with Crippen molar-refractivity contribution in [3.05, 3.63) is 157 Å². The predicted octanol–water partition coefficient (Wildman–Crippen LogP) is 15.5. The van der Waals surface area contributed by atoms with Crippen molar-refractivity contribution in [1.82, 2.24) is 15.1 Å². The van der Waals surface area contributed by atoms with Crippen molar-refractivity contribution >= 4 is 35.2 Å². The lowest BCUT2D eigenvalue weighted by Gasteiger charge is -2.40. The molecule has 7 rings (SSSR count). The van der Waals surface area contributed by atoms with Crippen molar-refractivity contribution in [2.24, 2.45) is 5.92 Å². The Hall–Kier alpha value is -6.29. The SMILES string of the molecule is C1CCCCCCCCCCCCC1.COc1ccc(CCN(C(=O)Nc2ccccc2)[C@H](Cc2ccccc2)CN(C(=O)Nc2ccccc2)[C@@H](CNC(=O)Nc2ccccc2)CC2CCCCC2)cc1. The first-order chi connectivity index (χ1) is 35.4. The molecular weight excluding hydrogens is 893 g/mol. The van der Waals surface area contributed by atoms with Gasteiger partial charge < -0.3 is 35.8 Å². The number of para-hydroxylation sites is 3. The first-order valence-corrected chi connectivity index (χ1v) is 27.5. The highest BCUT2D eigenvalue weighted by atomic mass is 16.5. The highest BCUT2D eigenvalue weighted by Crippen LogP contribution is 2.30. The molecule has 5 aromatic carbocycles. The summed E-state index contributed by atoms with van der Waals surface area (Å²) in [5.41, 5.74) is 4.13. The normalized spacial score (nSPS) is 15.7. The van der Waals surface area contributed by atoms with Crippen LogP contribution in [-0.4, -0.2) is 66.7 Å². The summed E-state index contributed by atoms with van der Waals surface area (Å²) >= 11 is 0. The molecule has 0 unspecified atom stereocenters. The number of rotatable bonds is 17. The number of nitrogens with one attached hydrogen (secondary N) is 4. The van der Waals surface area contributed by atoms with E-state index in [0.717, 1.165) is 42.6 Å². The lowest BCUT2D eigenvalue weighted by molar-refractivity contribution is 0.127. The minimum absolute atomic E-state index is 0.220. The van der Waals surface area contributed by atoms with Crippen molar-refractivity contribution < 1.29 is 19.1 Å². The van der Waals surface area contributed by atoms with Crippen LogP contribution < -0.4 is 26.0 Å². The summed E-state index contributed by atoms with van der Waals surface area (Å²) in [4.78, 5) is 46.5. The van der Waals surface area contributed by atoms with E-state index in [2.05, 4.69) is 33.4 Å². The van der Waals surface area contributed by atoms with Gasteiger partial charge in [0.2, 0.25) is 0 Å². The number of carbonyl (C=O) groups excluding carboxylic acids is 3. The third kappa shape index (κ3) is 20.8. The lowest BCUT2D eigenvalue weighted by Crippen LogP contribution is -2.57. The number of methoxy groups -OCH3 is 1. The average Bonchev–Trinajstić information content (AvgIpc) is 3.41. The molecule has 0 aromatic heterocycles. The number of anilines is 3. The second kappa shape index (κ2) is 32.6. The summed E-state index contributed by atoms with van der Waals surface area (Å²) < 4.78 is 5.41. The Bertz CT molecular complexity index is 2170. The van der Waals surface area contributed by atoms with Gasteiger partial charge in [-0.3, -0.25) is 0 Å². The number of hydrogen-bond acceptors (Lipinski definition) is 4. The molecule has 0 saturated heterocycles. The van der Waals surface area contributed by atoms with E-state index in [4.69, 9.17) is 4.74 Å². The van der Waals surface area contributed by atoms with Gasteiger partial charge in [-0.05, 0) is 84.8 Å². The average molecular weight is 977 g/mol. The fourth-order valence-electron chi connectivity index (χ4n) is 10.2. The zero-order valence-electron chi connectivity index (χ0n) is 43.3. The highest BCUT2D eigenvalue weighted by molar-refractivity contribution is 5.91. The maximum atomic E-state index is 14.8. The first kappa shape index (κ1) is 55.0. The van der Waals surface area contributed by atoms with Crippen LogP contribution in [0.2, 0.25) is 0 Å². The summed E-state index contributed by atoms with van der Waals surface area (Å²) in [6.45, 7) is 0.844. The van der Waals surface area contributed by atoms with Gasteiger partial charge in [0.1, 0.15) is 5.75 Å². The minimum atomic E-state index is -0.446. The third-order valence-electron chi connectivity index (χ3n) is 14.3. The number of benzene rings is 5. The van der Waals surface area contributed by atoms with E-state index >= 15 is 0 Å². The zero-order chi connectivity index (χ0) is 50.3. The van der Waals surface area contributed by atoms with Crippen molar-refractivity contribution in [1.29, 1.82) is 0 Å². The highest BCUT2D eigenvalue weighted by Gasteiger charge is 2.34. The van der Waals surface area contributed by atoms with Gasteiger partial charge in [0, 0.05) is 36.7 Å². The monoisotopic (exact) mass is 977 g/mol. The van der Waals surface area contributed by atoms with Crippen LogP contribution in [0.15, 0.2) is 146 Å². The predicted molar refractivity (Wildman–Crippen MR) is 298 cm³/mol. The Balaban J connectivity index is 0.000000522. The van der Waals surface area contributed by atoms with E-state index in [-0.39, 0.29) is 37.2 Å². The van der Waals surface area contributed by atoms with Crippen molar-refractivity contribution in [2.75, 3.05) is 42.7 Å². The molecule has 0 heterocycles. The number of ether oxygens (including phenoxy) is 1. The van der Waals surface area contributed by atoms with E-state index in [0.29, 0.717) is 48.8 Å². The Morgan fingerprint density at radius 1 is 0.486 bits per heavy atom. The molecule has 10 heteroatoms. The van der Waals surface area contributed by atoms with E-state index in [1.807, 2.05) is 143 Å². The maximum Gasteiger partial charge on any atom is 0.322 e. The molecule has 0 bridgehead atoms. The van der Waals surface area contributed by atoms with Gasteiger partial charge in [0.05, 0.1) is 19.2 Å². The smallest absolute Gasteiger partial charge is 0.322 e. The van der Waals surface area contributed by atoms with Crippen molar-refractivity contribution in [3.63, 3.8) is 0 Å².